The molecule has 0 aliphatic carbocycles. The van der Waals surface area contributed by atoms with E-state index in [2.05, 4.69) is 10.2 Å². The maximum Gasteiger partial charge on any atom is 0.338 e. The molecule has 4 rings (SSSR count). The molecule has 37 heavy (non-hydrogen) atoms. The van der Waals surface area contributed by atoms with Crippen LogP contribution in [0.1, 0.15) is 35.3 Å². The predicted octanol–water partition coefficient (Wildman–Crippen LogP) is 3.06. The maximum atomic E-state index is 13.2. The van der Waals surface area contributed by atoms with Crippen molar-refractivity contribution in [3.05, 3.63) is 77.0 Å². The summed E-state index contributed by atoms with van der Waals surface area (Å²) in [5.74, 6) is 0.243. The lowest BCUT2D eigenvalue weighted by Gasteiger charge is -2.36. The standard InChI is InChI=1S/C28H34N4O5/c1-4-37-27(34)24-23(30(2)28(35)29-25(24)20-11-13-22(36-3)14-12-20)19-31-15-8-16-32(18-17-31)26(33)21-9-6-5-7-10-21/h5-7,9-14,25H,4,8,15-19H2,1-3H3,(H,29,35). The van der Waals surface area contributed by atoms with Crippen LogP contribution in [-0.2, 0) is 9.53 Å². The van der Waals surface area contributed by atoms with Crippen molar-refractivity contribution >= 4 is 17.9 Å². The van der Waals surface area contributed by atoms with Crippen molar-refractivity contribution in [3.8, 4) is 5.75 Å². The molecule has 3 amide bonds. The van der Waals surface area contributed by atoms with Crippen molar-refractivity contribution in [2.75, 3.05) is 53.5 Å². The average Bonchev–Trinajstić information content (AvgIpc) is 3.17. The number of nitrogens with zero attached hydrogens (tertiary/aromatic N) is 3. The van der Waals surface area contributed by atoms with Crippen LogP contribution in [0.4, 0.5) is 4.79 Å². The molecule has 2 aliphatic heterocycles. The normalized spacial score (nSPS) is 18.8. The Balaban J connectivity index is 1.59. The van der Waals surface area contributed by atoms with Crippen LogP contribution in [0.5, 0.6) is 5.75 Å². The second-order valence-corrected chi connectivity index (χ2v) is 9.08. The van der Waals surface area contributed by atoms with E-state index in [9.17, 15) is 14.4 Å². The molecule has 9 heteroatoms. The zero-order chi connectivity index (χ0) is 26.4. The highest BCUT2D eigenvalue weighted by molar-refractivity contribution is 5.95. The Hall–Kier alpha value is -3.85. The van der Waals surface area contributed by atoms with Crippen LogP contribution in [0.25, 0.3) is 0 Å². The van der Waals surface area contributed by atoms with Crippen molar-refractivity contribution in [2.24, 2.45) is 0 Å². The fourth-order valence-electron chi connectivity index (χ4n) is 4.75. The molecule has 0 bridgehead atoms. The quantitative estimate of drug-likeness (QED) is 0.581. The number of methoxy groups -OCH3 is 1. The van der Waals surface area contributed by atoms with E-state index >= 15 is 0 Å². The molecule has 0 aromatic heterocycles. The molecule has 1 fully saturated rings. The first-order valence-corrected chi connectivity index (χ1v) is 12.6. The van der Waals surface area contributed by atoms with E-state index in [0.29, 0.717) is 48.8 Å². The number of amides is 3. The summed E-state index contributed by atoms with van der Waals surface area (Å²) in [5, 5.41) is 2.95. The Kier molecular flexibility index (Phi) is 8.45. The number of benzene rings is 2. The zero-order valence-electron chi connectivity index (χ0n) is 21.6. The van der Waals surface area contributed by atoms with Gasteiger partial charge in [0.05, 0.1) is 25.3 Å². The lowest BCUT2D eigenvalue weighted by Crippen LogP contribution is -2.49. The Bertz CT molecular complexity index is 1150. The van der Waals surface area contributed by atoms with E-state index in [-0.39, 0.29) is 18.5 Å². The molecule has 2 heterocycles. The van der Waals surface area contributed by atoms with E-state index in [1.165, 1.54) is 4.90 Å². The minimum Gasteiger partial charge on any atom is -0.497 e. The fraction of sp³-hybridized carbons (Fsp3) is 0.393. The molecule has 0 saturated carbocycles. The number of carbonyl (C=O) groups is 3. The third kappa shape index (κ3) is 5.94. The van der Waals surface area contributed by atoms with Crippen LogP contribution in [0.15, 0.2) is 65.9 Å². The smallest absolute Gasteiger partial charge is 0.338 e. The van der Waals surface area contributed by atoms with Crippen molar-refractivity contribution in [3.63, 3.8) is 0 Å². The van der Waals surface area contributed by atoms with Gasteiger partial charge in [-0.15, -0.1) is 0 Å². The number of carbonyl (C=O) groups excluding carboxylic acids is 3. The number of ether oxygens (including phenoxy) is 2. The zero-order valence-corrected chi connectivity index (χ0v) is 21.6. The van der Waals surface area contributed by atoms with Crippen molar-refractivity contribution < 1.29 is 23.9 Å². The van der Waals surface area contributed by atoms with Gasteiger partial charge in [0.25, 0.3) is 5.91 Å². The predicted molar refractivity (Wildman–Crippen MR) is 139 cm³/mol. The van der Waals surface area contributed by atoms with Gasteiger partial charge in [0.15, 0.2) is 0 Å². The molecular formula is C28H34N4O5. The van der Waals surface area contributed by atoms with Crippen LogP contribution in [0, 0.1) is 0 Å². The molecular weight excluding hydrogens is 472 g/mol. The molecule has 196 valence electrons. The van der Waals surface area contributed by atoms with E-state index < -0.39 is 12.0 Å². The number of hydrogen-bond acceptors (Lipinski definition) is 6. The summed E-state index contributed by atoms with van der Waals surface area (Å²) in [5.41, 5.74) is 2.45. The third-order valence-corrected chi connectivity index (χ3v) is 6.79. The lowest BCUT2D eigenvalue weighted by molar-refractivity contribution is -0.139. The summed E-state index contributed by atoms with van der Waals surface area (Å²) in [6, 6.07) is 15.6. The van der Waals surface area contributed by atoms with Gasteiger partial charge in [0, 0.05) is 51.0 Å². The van der Waals surface area contributed by atoms with Crippen LogP contribution in [0.2, 0.25) is 0 Å². The second-order valence-electron chi connectivity index (χ2n) is 9.08. The highest BCUT2D eigenvalue weighted by Gasteiger charge is 2.37. The van der Waals surface area contributed by atoms with Crippen molar-refractivity contribution in [1.82, 2.24) is 20.0 Å². The summed E-state index contributed by atoms with van der Waals surface area (Å²) >= 11 is 0. The molecule has 2 aromatic carbocycles. The number of esters is 1. The molecule has 1 unspecified atom stereocenters. The van der Waals surface area contributed by atoms with Gasteiger partial charge >= 0.3 is 12.0 Å². The van der Waals surface area contributed by atoms with Gasteiger partial charge in [-0.2, -0.15) is 0 Å². The first kappa shape index (κ1) is 26.2. The maximum absolute atomic E-state index is 13.2. The van der Waals surface area contributed by atoms with Gasteiger partial charge in [0.2, 0.25) is 0 Å². The van der Waals surface area contributed by atoms with Crippen LogP contribution in [0.3, 0.4) is 0 Å². The number of likely N-dealkylation sites (N-methyl/N-ethyl adjacent to an activating group) is 1. The monoisotopic (exact) mass is 506 g/mol. The molecule has 0 radical (unpaired) electrons. The average molecular weight is 507 g/mol. The molecule has 1 N–H and O–H groups in total. The molecule has 2 aliphatic rings. The lowest BCUT2D eigenvalue weighted by atomic mass is 9.94. The summed E-state index contributed by atoms with van der Waals surface area (Å²) < 4.78 is 10.7. The Labute approximate surface area is 217 Å². The number of rotatable bonds is 7. The third-order valence-electron chi connectivity index (χ3n) is 6.79. The number of urea groups is 1. The van der Waals surface area contributed by atoms with Crippen LogP contribution in [-0.4, -0.2) is 86.1 Å². The van der Waals surface area contributed by atoms with Gasteiger partial charge in [0.1, 0.15) is 5.75 Å². The van der Waals surface area contributed by atoms with E-state index in [1.54, 1.807) is 33.2 Å². The Morgan fingerprint density at radius 3 is 2.41 bits per heavy atom. The SMILES string of the molecule is CCOC(=O)C1=C(CN2CCCN(C(=O)c3ccccc3)CC2)N(C)C(=O)NC1c1ccc(OC)cc1. The largest absolute Gasteiger partial charge is 0.497 e. The Morgan fingerprint density at radius 2 is 1.73 bits per heavy atom. The van der Waals surface area contributed by atoms with E-state index in [1.807, 2.05) is 47.4 Å². The molecule has 1 atom stereocenters. The van der Waals surface area contributed by atoms with Crippen LogP contribution < -0.4 is 10.1 Å². The summed E-state index contributed by atoms with van der Waals surface area (Å²) in [4.78, 5) is 44.7. The topological polar surface area (TPSA) is 91.4 Å². The highest BCUT2D eigenvalue weighted by atomic mass is 16.5. The second kappa shape index (κ2) is 11.9. The summed E-state index contributed by atoms with van der Waals surface area (Å²) in [7, 11) is 3.25. The van der Waals surface area contributed by atoms with Gasteiger partial charge in [-0.1, -0.05) is 30.3 Å². The molecule has 1 saturated heterocycles. The minimum atomic E-state index is -0.646. The number of nitrogens with one attached hydrogen (secondary N) is 1. The van der Waals surface area contributed by atoms with Gasteiger partial charge < -0.3 is 19.7 Å². The van der Waals surface area contributed by atoms with Gasteiger partial charge in [-0.25, -0.2) is 9.59 Å². The van der Waals surface area contributed by atoms with Gasteiger partial charge in [-0.05, 0) is 43.2 Å². The van der Waals surface area contributed by atoms with E-state index in [0.717, 1.165) is 18.5 Å². The minimum absolute atomic E-state index is 0.0163. The van der Waals surface area contributed by atoms with E-state index in [4.69, 9.17) is 9.47 Å². The molecule has 9 nitrogen and oxygen atoms in total. The molecule has 2 aromatic rings. The van der Waals surface area contributed by atoms with Crippen molar-refractivity contribution in [2.45, 2.75) is 19.4 Å². The highest BCUT2D eigenvalue weighted by Crippen LogP contribution is 2.32. The summed E-state index contributed by atoms with van der Waals surface area (Å²) in [6.45, 7) is 4.95. The summed E-state index contributed by atoms with van der Waals surface area (Å²) in [6.07, 6.45) is 0.790. The fourth-order valence-corrected chi connectivity index (χ4v) is 4.75. The first-order valence-electron chi connectivity index (χ1n) is 12.6. The van der Waals surface area contributed by atoms with Crippen molar-refractivity contribution in [1.29, 1.82) is 0 Å². The Morgan fingerprint density at radius 1 is 1.00 bits per heavy atom. The van der Waals surface area contributed by atoms with Gasteiger partial charge in [-0.3, -0.25) is 14.6 Å². The van der Waals surface area contributed by atoms with Crippen LogP contribution >= 0.6 is 0 Å². The molecule has 0 spiro atoms. The number of hydrogen-bond donors (Lipinski definition) is 1. The first-order chi connectivity index (χ1) is 17.9.